The van der Waals surface area contributed by atoms with Crippen molar-refractivity contribution in [3.8, 4) is 0 Å². The second-order valence-corrected chi connectivity index (χ2v) is 2.98. The molecule has 1 aromatic rings. The summed E-state index contributed by atoms with van der Waals surface area (Å²) >= 11 is 0. The molecule has 0 nitrogen and oxygen atoms in total. The van der Waals surface area contributed by atoms with Crippen molar-refractivity contribution in [2.75, 3.05) is 0 Å². The lowest BCUT2D eigenvalue weighted by Crippen LogP contribution is -2.00. The van der Waals surface area contributed by atoms with Crippen LogP contribution in [0.15, 0.2) is 63.7 Å². The van der Waals surface area contributed by atoms with Gasteiger partial charge in [-0.25, -0.2) is 0 Å². The van der Waals surface area contributed by atoms with E-state index in [1.165, 1.54) is 25.7 Å². The molecular formula is C16H24. The number of benzene rings is 1. The fraction of sp³-hybridized carbons (Fsp3) is 0.250. The SMILES string of the molecule is C=C.C=C.C=C.c1ccc2c(c1)CCCC2. The lowest BCUT2D eigenvalue weighted by molar-refractivity contribution is 0.685. The van der Waals surface area contributed by atoms with E-state index in [1.54, 1.807) is 11.1 Å². The largest absolute Gasteiger partial charge is 0.106 e. The van der Waals surface area contributed by atoms with Gasteiger partial charge in [-0.1, -0.05) is 24.3 Å². The van der Waals surface area contributed by atoms with Gasteiger partial charge in [0.2, 0.25) is 0 Å². The monoisotopic (exact) mass is 216 g/mol. The Morgan fingerprint density at radius 2 is 0.938 bits per heavy atom. The van der Waals surface area contributed by atoms with Crippen molar-refractivity contribution in [1.82, 2.24) is 0 Å². The van der Waals surface area contributed by atoms with Gasteiger partial charge in [-0.05, 0) is 36.8 Å². The molecule has 0 heterocycles. The summed E-state index contributed by atoms with van der Waals surface area (Å²) in [7, 11) is 0. The first-order valence-corrected chi connectivity index (χ1v) is 5.53. The van der Waals surface area contributed by atoms with Crippen molar-refractivity contribution in [3.63, 3.8) is 0 Å². The van der Waals surface area contributed by atoms with Crippen LogP contribution in [0, 0.1) is 0 Å². The lowest BCUT2D eigenvalue weighted by Gasteiger charge is -2.13. The third-order valence-corrected chi connectivity index (χ3v) is 2.26. The van der Waals surface area contributed by atoms with Crippen molar-refractivity contribution >= 4 is 0 Å². The molecule has 0 atom stereocenters. The number of rotatable bonds is 0. The summed E-state index contributed by atoms with van der Waals surface area (Å²) in [6.07, 6.45) is 5.38. The average Bonchev–Trinajstić information content (AvgIpc) is 2.45. The maximum absolute atomic E-state index is 3.00. The summed E-state index contributed by atoms with van der Waals surface area (Å²) in [6.45, 7) is 18.0. The molecule has 0 unspecified atom stereocenters. The van der Waals surface area contributed by atoms with Crippen LogP contribution in [0.4, 0.5) is 0 Å². The molecule has 16 heavy (non-hydrogen) atoms. The van der Waals surface area contributed by atoms with E-state index in [-0.39, 0.29) is 0 Å². The molecule has 0 spiro atoms. The number of hydrogen-bond acceptors (Lipinski definition) is 0. The minimum atomic E-state index is 1.30. The third-order valence-electron chi connectivity index (χ3n) is 2.26. The standard InChI is InChI=1S/C10H12.3C2H4/c1-2-6-10-8-4-3-7-9(10)5-1;3*1-2/h1-2,5-6H,3-4,7-8H2;3*1-2H2. The maximum atomic E-state index is 3.00. The normalized spacial score (nSPS) is 11.0. The van der Waals surface area contributed by atoms with Crippen molar-refractivity contribution in [2.45, 2.75) is 25.7 Å². The van der Waals surface area contributed by atoms with Gasteiger partial charge >= 0.3 is 0 Å². The van der Waals surface area contributed by atoms with E-state index in [1.807, 2.05) is 0 Å². The molecule has 1 aliphatic rings. The van der Waals surface area contributed by atoms with E-state index in [0.29, 0.717) is 0 Å². The molecule has 0 aliphatic heterocycles. The molecule has 0 fully saturated rings. The van der Waals surface area contributed by atoms with Gasteiger partial charge in [-0.3, -0.25) is 0 Å². The first-order chi connectivity index (χ1) is 7.97. The van der Waals surface area contributed by atoms with Crippen LogP contribution in [-0.2, 0) is 12.8 Å². The van der Waals surface area contributed by atoms with Gasteiger partial charge in [0.1, 0.15) is 0 Å². The van der Waals surface area contributed by atoms with Crippen molar-refractivity contribution in [3.05, 3.63) is 74.9 Å². The summed E-state index contributed by atoms with van der Waals surface area (Å²) < 4.78 is 0. The van der Waals surface area contributed by atoms with Crippen LogP contribution in [0.3, 0.4) is 0 Å². The predicted molar refractivity (Wildman–Crippen MR) is 76.8 cm³/mol. The zero-order valence-corrected chi connectivity index (χ0v) is 10.4. The van der Waals surface area contributed by atoms with E-state index >= 15 is 0 Å². The minimum absolute atomic E-state index is 1.30. The zero-order chi connectivity index (χ0) is 12.8. The Balaban J connectivity index is 0. The summed E-state index contributed by atoms with van der Waals surface area (Å²) in [6, 6.07) is 8.80. The molecule has 0 N–H and O–H groups in total. The maximum Gasteiger partial charge on any atom is -0.0276 e. The van der Waals surface area contributed by atoms with Gasteiger partial charge < -0.3 is 0 Å². The fourth-order valence-electron chi connectivity index (χ4n) is 1.68. The molecule has 2 rings (SSSR count). The van der Waals surface area contributed by atoms with Gasteiger partial charge in [-0.15, -0.1) is 39.5 Å². The fourth-order valence-corrected chi connectivity index (χ4v) is 1.68. The number of fused-ring (bicyclic) bond motifs is 1. The highest BCUT2D eigenvalue weighted by Gasteiger charge is 2.05. The summed E-state index contributed by atoms with van der Waals surface area (Å²) in [5.41, 5.74) is 3.16. The first-order valence-electron chi connectivity index (χ1n) is 5.53. The minimum Gasteiger partial charge on any atom is -0.106 e. The van der Waals surface area contributed by atoms with Gasteiger partial charge in [-0.2, -0.15) is 0 Å². The molecule has 0 radical (unpaired) electrons. The van der Waals surface area contributed by atoms with E-state index in [0.717, 1.165) is 0 Å². The quantitative estimate of drug-likeness (QED) is 0.537. The highest BCUT2D eigenvalue weighted by molar-refractivity contribution is 5.28. The van der Waals surface area contributed by atoms with Crippen LogP contribution in [0.1, 0.15) is 24.0 Å². The van der Waals surface area contributed by atoms with E-state index in [2.05, 4.69) is 63.7 Å². The van der Waals surface area contributed by atoms with Crippen LogP contribution in [0.25, 0.3) is 0 Å². The Hall–Kier alpha value is -1.56. The van der Waals surface area contributed by atoms with Crippen molar-refractivity contribution in [2.24, 2.45) is 0 Å². The van der Waals surface area contributed by atoms with E-state index in [9.17, 15) is 0 Å². The Bertz CT molecular complexity index is 233. The first kappa shape index (κ1) is 16.9. The molecule has 0 bridgehead atoms. The third kappa shape index (κ3) is 6.02. The molecule has 0 heteroatoms. The highest BCUT2D eigenvalue weighted by atomic mass is 14.1. The van der Waals surface area contributed by atoms with Crippen LogP contribution in [0.2, 0.25) is 0 Å². The van der Waals surface area contributed by atoms with Gasteiger partial charge in [0.25, 0.3) is 0 Å². The van der Waals surface area contributed by atoms with Crippen molar-refractivity contribution in [1.29, 1.82) is 0 Å². The predicted octanol–water partition coefficient (Wildman–Crippen LogP) is 4.97. The Morgan fingerprint density at radius 1 is 0.625 bits per heavy atom. The number of hydrogen-bond donors (Lipinski definition) is 0. The summed E-state index contributed by atoms with van der Waals surface area (Å²) in [5.74, 6) is 0. The topological polar surface area (TPSA) is 0 Å². The van der Waals surface area contributed by atoms with E-state index < -0.39 is 0 Å². The van der Waals surface area contributed by atoms with E-state index in [4.69, 9.17) is 0 Å². The lowest BCUT2D eigenvalue weighted by atomic mass is 9.92. The van der Waals surface area contributed by atoms with Gasteiger partial charge in [0.05, 0.1) is 0 Å². The zero-order valence-electron chi connectivity index (χ0n) is 10.4. The average molecular weight is 216 g/mol. The van der Waals surface area contributed by atoms with Gasteiger partial charge in [0.15, 0.2) is 0 Å². The van der Waals surface area contributed by atoms with Crippen LogP contribution in [-0.4, -0.2) is 0 Å². The molecule has 88 valence electrons. The molecule has 1 aliphatic carbocycles. The molecule has 0 aromatic heterocycles. The number of aryl methyl sites for hydroxylation is 2. The van der Waals surface area contributed by atoms with Gasteiger partial charge in [0, 0.05) is 0 Å². The smallest absolute Gasteiger partial charge is 0.0276 e. The summed E-state index contributed by atoms with van der Waals surface area (Å²) in [5, 5.41) is 0. The Morgan fingerprint density at radius 3 is 1.25 bits per heavy atom. The van der Waals surface area contributed by atoms with Crippen LogP contribution >= 0.6 is 0 Å². The second-order valence-electron chi connectivity index (χ2n) is 2.98. The molecule has 0 saturated heterocycles. The van der Waals surface area contributed by atoms with Crippen molar-refractivity contribution < 1.29 is 0 Å². The summed E-state index contributed by atoms with van der Waals surface area (Å²) in [4.78, 5) is 0. The second kappa shape index (κ2) is 13.4. The van der Waals surface area contributed by atoms with Crippen LogP contribution in [0.5, 0.6) is 0 Å². The molecule has 1 aromatic carbocycles. The Labute approximate surface area is 101 Å². The Kier molecular flexibility index (Phi) is 14.2. The molecule has 0 amide bonds. The highest BCUT2D eigenvalue weighted by Crippen LogP contribution is 2.19. The molecular weight excluding hydrogens is 192 g/mol. The van der Waals surface area contributed by atoms with Crippen LogP contribution < -0.4 is 0 Å². The molecule has 0 saturated carbocycles.